The summed E-state index contributed by atoms with van der Waals surface area (Å²) in [4.78, 5) is 15.8. The van der Waals surface area contributed by atoms with E-state index in [2.05, 4.69) is 0 Å². The van der Waals surface area contributed by atoms with E-state index >= 15 is 0 Å². The van der Waals surface area contributed by atoms with Crippen molar-refractivity contribution in [1.29, 1.82) is 0 Å². The number of fused-ring (bicyclic) bond motifs is 1. The van der Waals surface area contributed by atoms with Gasteiger partial charge in [0.2, 0.25) is 0 Å². The molecule has 0 radical (unpaired) electrons. The van der Waals surface area contributed by atoms with Crippen LogP contribution in [0, 0.1) is 0 Å². The van der Waals surface area contributed by atoms with Crippen molar-refractivity contribution in [3.63, 3.8) is 0 Å². The molecule has 0 saturated heterocycles. The maximum atomic E-state index is 13.8. The molecule has 0 saturated carbocycles. The quantitative estimate of drug-likeness (QED) is 0.485. The molecular formula is C25H21N3O3. The predicted octanol–water partition coefficient (Wildman–Crippen LogP) is 3.03. The highest BCUT2D eigenvalue weighted by atomic mass is 16.5. The van der Waals surface area contributed by atoms with Crippen molar-refractivity contribution in [2.24, 2.45) is 0 Å². The number of ether oxygens (including phenoxy) is 1. The molecule has 0 fully saturated rings. The van der Waals surface area contributed by atoms with Gasteiger partial charge in [0, 0.05) is 5.88 Å². The number of hydrogen-bond donors (Lipinski definition) is 0. The van der Waals surface area contributed by atoms with Crippen molar-refractivity contribution in [2.75, 3.05) is 18.6 Å². The molecule has 0 atom stereocenters. The van der Waals surface area contributed by atoms with Crippen molar-refractivity contribution in [2.45, 2.75) is 6.54 Å². The first-order chi connectivity index (χ1) is 15.2. The minimum absolute atomic E-state index is 0.176. The fourth-order valence-corrected chi connectivity index (χ4v) is 4.08. The number of rotatable bonds is 4. The largest absolute Gasteiger partial charge is 0.848 e. The second-order valence-corrected chi connectivity index (χ2v) is 7.32. The van der Waals surface area contributed by atoms with Crippen LogP contribution in [0.15, 0.2) is 89.7 Å². The third-order valence-corrected chi connectivity index (χ3v) is 5.57. The van der Waals surface area contributed by atoms with E-state index in [-0.39, 0.29) is 17.0 Å². The summed E-state index contributed by atoms with van der Waals surface area (Å²) in [5, 5.41) is 13.4. The van der Waals surface area contributed by atoms with Gasteiger partial charge in [0.25, 0.3) is 0 Å². The molecule has 4 aromatic rings. The Morgan fingerprint density at radius 2 is 1.52 bits per heavy atom. The maximum absolute atomic E-state index is 13.8. The molecule has 6 nitrogen and oxygen atoms in total. The average molecular weight is 411 g/mol. The van der Waals surface area contributed by atoms with E-state index in [9.17, 15) is 9.90 Å². The second kappa shape index (κ2) is 7.65. The molecule has 1 aromatic heterocycles. The Bertz CT molecular complexity index is 1280. The standard InChI is InChI=1S/C25H21N3O3/c1-31-21-14-12-20(13-15-21)28-24(30)22(18-8-4-2-5-9-18)23(29)27-17-16-26(25(27)28)19-10-6-3-7-11-19/h2-15H,16-17H2,1H3. The summed E-state index contributed by atoms with van der Waals surface area (Å²) in [5.74, 6) is 0.991. The summed E-state index contributed by atoms with van der Waals surface area (Å²) in [6, 6.07) is 26.2. The van der Waals surface area contributed by atoms with Crippen LogP contribution in [0.25, 0.3) is 16.8 Å². The summed E-state index contributed by atoms with van der Waals surface area (Å²) in [5.41, 5.74) is 2.07. The zero-order chi connectivity index (χ0) is 21.4. The van der Waals surface area contributed by atoms with Crippen LogP contribution < -0.4 is 24.9 Å². The molecule has 0 amide bonds. The minimum atomic E-state index is -0.338. The highest BCUT2D eigenvalue weighted by Gasteiger charge is 2.36. The van der Waals surface area contributed by atoms with E-state index in [1.165, 1.54) is 0 Å². The molecule has 6 heteroatoms. The SMILES string of the molecule is COc1ccc(-n2c3[n+](c([O-])c(-c4ccccc4)c2=O)CCN3c2ccccc2)cc1. The lowest BCUT2D eigenvalue weighted by atomic mass is 10.1. The van der Waals surface area contributed by atoms with Gasteiger partial charge in [-0.3, -0.25) is 0 Å². The van der Waals surface area contributed by atoms with Crippen LogP contribution in [0.3, 0.4) is 0 Å². The smallest absolute Gasteiger partial charge is 0.372 e. The van der Waals surface area contributed by atoms with Gasteiger partial charge in [-0.25, -0.2) is 14.3 Å². The van der Waals surface area contributed by atoms with Gasteiger partial charge in [0.05, 0.1) is 12.7 Å². The van der Waals surface area contributed by atoms with Gasteiger partial charge < -0.3 is 9.84 Å². The fraction of sp³-hybridized carbons (Fsp3) is 0.120. The van der Waals surface area contributed by atoms with E-state index in [4.69, 9.17) is 4.74 Å². The van der Waals surface area contributed by atoms with Crippen molar-refractivity contribution in [1.82, 2.24) is 4.57 Å². The lowest BCUT2D eigenvalue weighted by Crippen LogP contribution is -2.43. The van der Waals surface area contributed by atoms with Crippen molar-refractivity contribution >= 4 is 11.6 Å². The Morgan fingerprint density at radius 1 is 0.871 bits per heavy atom. The maximum Gasteiger partial charge on any atom is 0.372 e. The molecule has 1 aliphatic rings. The van der Waals surface area contributed by atoms with Crippen LogP contribution in [0.4, 0.5) is 11.6 Å². The minimum Gasteiger partial charge on any atom is -0.848 e. The van der Waals surface area contributed by atoms with Crippen molar-refractivity contribution in [3.05, 3.63) is 95.3 Å². The lowest BCUT2D eigenvalue weighted by molar-refractivity contribution is -0.715. The average Bonchev–Trinajstić information content (AvgIpc) is 3.26. The summed E-state index contributed by atoms with van der Waals surface area (Å²) >= 11 is 0. The van der Waals surface area contributed by atoms with Crippen LogP contribution in [0.1, 0.15) is 0 Å². The third kappa shape index (κ3) is 3.13. The second-order valence-electron chi connectivity index (χ2n) is 7.32. The predicted molar refractivity (Wildman–Crippen MR) is 117 cm³/mol. The molecule has 0 aliphatic carbocycles. The first-order valence-corrected chi connectivity index (χ1v) is 10.1. The number of anilines is 2. The summed E-state index contributed by atoms with van der Waals surface area (Å²) in [7, 11) is 1.60. The van der Waals surface area contributed by atoms with Crippen molar-refractivity contribution in [3.8, 4) is 28.4 Å². The van der Waals surface area contributed by atoms with Crippen LogP contribution in [0.2, 0.25) is 0 Å². The summed E-state index contributed by atoms with van der Waals surface area (Å²) in [6.45, 7) is 1.10. The normalized spacial score (nSPS) is 12.6. The number of benzene rings is 3. The topological polar surface area (TPSA) is 61.4 Å². The zero-order valence-corrected chi connectivity index (χ0v) is 17.1. The van der Waals surface area contributed by atoms with E-state index < -0.39 is 0 Å². The van der Waals surface area contributed by atoms with Gasteiger partial charge in [-0.1, -0.05) is 48.5 Å². The summed E-state index contributed by atoms with van der Waals surface area (Å²) < 4.78 is 8.60. The molecule has 0 N–H and O–H groups in total. The molecule has 0 spiro atoms. The van der Waals surface area contributed by atoms with Crippen LogP contribution in [-0.2, 0) is 6.54 Å². The van der Waals surface area contributed by atoms with Crippen LogP contribution >= 0.6 is 0 Å². The zero-order valence-electron chi connectivity index (χ0n) is 17.1. The van der Waals surface area contributed by atoms with Gasteiger partial charge >= 0.3 is 11.5 Å². The molecule has 0 bridgehead atoms. The number of methoxy groups -OCH3 is 1. The molecule has 154 valence electrons. The lowest BCUT2D eigenvalue weighted by Gasteiger charge is -2.20. The summed E-state index contributed by atoms with van der Waals surface area (Å²) in [6.07, 6.45) is 0. The van der Waals surface area contributed by atoms with Crippen molar-refractivity contribution < 1.29 is 14.4 Å². The van der Waals surface area contributed by atoms with E-state index in [0.717, 1.165) is 5.69 Å². The molecule has 3 aromatic carbocycles. The number of para-hydroxylation sites is 1. The van der Waals surface area contributed by atoms with Gasteiger partial charge in [-0.2, -0.15) is 4.57 Å². The fourth-order valence-electron chi connectivity index (χ4n) is 4.08. The molecule has 0 unspecified atom stereocenters. The monoisotopic (exact) mass is 411 g/mol. The Labute approximate surface area is 179 Å². The van der Waals surface area contributed by atoms with E-state index in [1.54, 1.807) is 28.4 Å². The van der Waals surface area contributed by atoms with Gasteiger partial charge in [-0.15, -0.1) is 0 Å². The van der Waals surface area contributed by atoms with E-state index in [0.29, 0.717) is 36.0 Å². The van der Waals surface area contributed by atoms with Crippen LogP contribution in [-0.4, -0.2) is 18.2 Å². The number of nitrogens with zero attached hydrogens (tertiary/aromatic N) is 3. The molecular weight excluding hydrogens is 390 g/mol. The Balaban J connectivity index is 1.82. The van der Waals surface area contributed by atoms with Gasteiger partial charge in [0.15, 0.2) is 0 Å². The van der Waals surface area contributed by atoms with E-state index in [1.807, 2.05) is 77.7 Å². The number of hydrogen-bond acceptors (Lipinski definition) is 4. The first-order valence-electron chi connectivity index (χ1n) is 10.1. The molecule has 1 aliphatic heterocycles. The van der Waals surface area contributed by atoms with Gasteiger partial charge in [-0.05, 0) is 42.0 Å². The Hall–Kier alpha value is -4.06. The molecule has 5 rings (SSSR count). The third-order valence-electron chi connectivity index (χ3n) is 5.57. The van der Waals surface area contributed by atoms with Gasteiger partial charge in [0.1, 0.15) is 30.2 Å². The number of aromatic nitrogens is 2. The highest BCUT2D eigenvalue weighted by molar-refractivity contribution is 5.68. The Morgan fingerprint density at radius 3 is 2.16 bits per heavy atom. The Kier molecular flexibility index (Phi) is 4.67. The highest BCUT2D eigenvalue weighted by Crippen LogP contribution is 2.31. The molecule has 2 heterocycles. The van der Waals surface area contributed by atoms with Crippen LogP contribution in [0.5, 0.6) is 11.6 Å². The molecule has 31 heavy (non-hydrogen) atoms. The first kappa shape index (κ1) is 18.9.